The Hall–Kier alpha value is -1.18. The smallest absolute Gasteiger partial charge is 0.239 e. The third kappa shape index (κ3) is 3.59. The van der Waals surface area contributed by atoms with Gasteiger partial charge < -0.3 is 10.6 Å². The minimum Gasteiger partial charge on any atom is -0.375 e. The van der Waals surface area contributed by atoms with E-state index in [0.29, 0.717) is 11.0 Å². The average molecular weight is 323 g/mol. The van der Waals surface area contributed by atoms with Crippen molar-refractivity contribution >= 4 is 22.4 Å². The summed E-state index contributed by atoms with van der Waals surface area (Å²) in [7, 11) is 0. The van der Waals surface area contributed by atoms with Crippen LogP contribution in [0.2, 0.25) is 0 Å². The molecule has 1 atom stereocenters. The molecule has 2 N–H and O–H groups in total. The molecule has 0 radical (unpaired) electrons. The number of nitrogens with two attached hydrogens (primary N) is 1. The van der Waals surface area contributed by atoms with Crippen LogP contribution in [0.3, 0.4) is 0 Å². The van der Waals surface area contributed by atoms with Crippen LogP contribution in [0, 0.1) is 0 Å². The highest BCUT2D eigenvalue weighted by atomic mass is 32.1. The highest BCUT2D eigenvalue weighted by Crippen LogP contribution is 2.18. The maximum atomic E-state index is 12.5. The van der Waals surface area contributed by atoms with Crippen molar-refractivity contribution in [3.63, 3.8) is 0 Å². The molecule has 0 aliphatic carbocycles. The monoisotopic (exact) mass is 323 g/mol. The number of hydrogen-bond donors (Lipinski definition) is 1. The molecule has 2 saturated heterocycles. The Labute approximate surface area is 135 Å². The molecule has 122 valence electrons. The second kappa shape index (κ2) is 6.93. The van der Waals surface area contributed by atoms with Crippen LogP contribution in [0.25, 0.3) is 0 Å². The van der Waals surface area contributed by atoms with Crippen molar-refractivity contribution in [2.24, 2.45) is 0 Å². The molecule has 3 rings (SSSR count). The van der Waals surface area contributed by atoms with E-state index in [9.17, 15) is 4.79 Å². The molecule has 7 heteroatoms. The summed E-state index contributed by atoms with van der Waals surface area (Å²) in [4.78, 5) is 24.5. The van der Waals surface area contributed by atoms with Gasteiger partial charge in [-0.3, -0.25) is 14.6 Å². The molecule has 0 saturated carbocycles. The number of carbonyl (C=O) groups excluding carboxylic acids is 1. The Kier molecular flexibility index (Phi) is 4.95. The zero-order valence-corrected chi connectivity index (χ0v) is 14.0. The van der Waals surface area contributed by atoms with Crippen LogP contribution in [-0.4, -0.2) is 70.9 Å². The van der Waals surface area contributed by atoms with Gasteiger partial charge in [-0.05, 0) is 19.8 Å². The summed E-state index contributed by atoms with van der Waals surface area (Å²) >= 11 is 1.56. The standard InChI is InChI=1S/C15H25N5OS/c1-12(14(21)20-4-2-3-5-20)19-8-6-18(7-9-19)11-13-10-17-15(16)22-13/h10,12H,2-9,11H2,1H3,(H2,16,17). The number of nitrogens with zero attached hydrogens (tertiary/aromatic N) is 4. The number of rotatable bonds is 4. The quantitative estimate of drug-likeness (QED) is 0.890. The van der Waals surface area contributed by atoms with Crippen molar-refractivity contribution in [2.45, 2.75) is 32.4 Å². The third-order valence-corrected chi connectivity index (χ3v) is 5.49. The van der Waals surface area contributed by atoms with E-state index in [4.69, 9.17) is 5.73 Å². The summed E-state index contributed by atoms with van der Waals surface area (Å²) in [5.41, 5.74) is 5.68. The fraction of sp³-hybridized carbons (Fsp3) is 0.733. The van der Waals surface area contributed by atoms with Crippen molar-refractivity contribution in [1.82, 2.24) is 19.7 Å². The van der Waals surface area contributed by atoms with Crippen molar-refractivity contribution in [3.8, 4) is 0 Å². The lowest BCUT2D eigenvalue weighted by molar-refractivity contribution is -0.136. The van der Waals surface area contributed by atoms with Crippen LogP contribution in [0.1, 0.15) is 24.6 Å². The summed E-state index contributed by atoms with van der Waals surface area (Å²) in [6, 6.07) is 0.0132. The first-order chi connectivity index (χ1) is 10.6. The molecule has 2 aliphatic heterocycles. The van der Waals surface area contributed by atoms with E-state index in [0.717, 1.165) is 58.7 Å². The minimum atomic E-state index is 0.0132. The molecular weight excluding hydrogens is 298 g/mol. The number of hydrogen-bond acceptors (Lipinski definition) is 6. The van der Waals surface area contributed by atoms with Gasteiger partial charge >= 0.3 is 0 Å². The van der Waals surface area contributed by atoms with E-state index in [1.807, 2.05) is 11.1 Å². The van der Waals surface area contributed by atoms with Crippen LogP contribution in [0.5, 0.6) is 0 Å². The number of aromatic nitrogens is 1. The number of nitrogen functional groups attached to an aromatic ring is 1. The van der Waals surface area contributed by atoms with Gasteiger partial charge in [-0.25, -0.2) is 4.98 Å². The molecule has 0 spiro atoms. The Morgan fingerprint density at radius 1 is 1.27 bits per heavy atom. The van der Waals surface area contributed by atoms with Gasteiger partial charge in [-0.2, -0.15) is 0 Å². The van der Waals surface area contributed by atoms with Crippen LogP contribution in [0.4, 0.5) is 5.13 Å². The number of anilines is 1. The van der Waals surface area contributed by atoms with Gasteiger partial charge in [0.1, 0.15) is 0 Å². The van der Waals surface area contributed by atoms with E-state index in [2.05, 4.69) is 21.7 Å². The van der Waals surface area contributed by atoms with Gasteiger partial charge in [0.25, 0.3) is 0 Å². The fourth-order valence-corrected chi connectivity index (χ4v) is 4.01. The van der Waals surface area contributed by atoms with Crippen LogP contribution in [0.15, 0.2) is 6.20 Å². The summed E-state index contributed by atoms with van der Waals surface area (Å²) in [5, 5.41) is 0.637. The fourth-order valence-electron chi connectivity index (χ4n) is 3.28. The first-order valence-electron chi connectivity index (χ1n) is 8.09. The van der Waals surface area contributed by atoms with Crippen LogP contribution >= 0.6 is 11.3 Å². The van der Waals surface area contributed by atoms with Gasteiger partial charge in [-0.1, -0.05) is 0 Å². The van der Waals surface area contributed by atoms with E-state index in [1.54, 1.807) is 11.3 Å². The van der Waals surface area contributed by atoms with E-state index < -0.39 is 0 Å². The van der Waals surface area contributed by atoms with Gasteiger partial charge in [0.2, 0.25) is 5.91 Å². The van der Waals surface area contributed by atoms with E-state index in [1.165, 1.54) is 4.88 Å². The first-order valence-corrected chi connectivity index (χ1v) is 8.90. The zero-order chi connectivity index (χ0) is 15.5. The highest BCUT2D eigenvalue weighted by Gasteiger charge is 2.29. The second-order valence-corrected chi connectivity index (χ2v) is 7.33. The highest BCUT2D eigenvalue weighted by molar-refractivity contribution is 7.15. The van der Waals surface area contributed by atoms with E-state index in [-0.39, 0.29) is 6.04 Å². The predicted octanol–water partition coefficient (Wildman–Crippen LogP) is 0.854. The van der Waals surface area contributed by atoms with E-state index >= 15 is 0 Å². The minimum absolute atomic E-state index is 0.0132. The predicted molar refractivity (Wildman–Crippen MR) is 88.7 cm³/mol. The van der Waals surface area contributed by atoms with Gasteiger partial charge in [-0.15, -0.1) is 11.3 Å². The maximum absolute atomic E-state index is 12.5. The normalized spacial score (nSPS) is 22.1. The number of likely N-dealkylation sites (tertiary alicyclic amines) is 1. The molecule has 3 heterocycles. The average Bonchev–Trinajstić information content (AvgIpc) is 3.18. The Balaban J connectivity index is 1.47. The number of amides is 1. The Bertz CT molecular complexity index is 506. The number of carbonyl (C=O) groups is 1. The lowest BCUT2D eigenvalue weighted by Crippen LogP contribution is -2.53. The van der Waals surface area contributed by atoms with Crippen molar-refractivity contribution in [1.29, 1.82) is 0 Å². The second-order valence-electron chi connectivity index (χ2n) is 6.19. The zero-order valence-electron chi connectivity index (χ0n) is 13.2. The molecule has 2 fully saturated rings. The SMILES string of the molecule is CC(C(=O)N1CCCC1)N1CCN(Cc2cnc(N)s2)CC1. The molecular formula is C15H25N5OS. The van der Waals surface area contributed by atoms with Crippen molar-refractivity contribution < 1.29 is 4.79 Å². The van der Waals surface area contributed by atoms with Crippen LogP contribution in [-0.2, 0) is 11.3 Å². The molecule has 0 bridgehead atoms. The van der Waals surface area contributed by atoms with Gasteiger partial charge in [0.15, 0.2) is 5.13 Å². The summed E-state index contributed by atoms with van der Waals surface area (Å²) < 4.78 is 0. The molecule has 1 aromatic heterocycles. The Morgan fingerprint density at radius 3 is 2.55 bits per heavy atom. The first kappa shape index (κ1) is 15.7. The molecule has 2 aliphatic rings. The number of piperazine rings is 1. The summed E-state index contributed by atoms with van der Waals surface area (Å²) in [6.45, 7) is 8.75. The molecule has 1 aromatic rings. The summed E-state index contributed by atoms with van der Waals surface area (Å²) in [6.07, 6.45) is 4.18. The van der Waals surface area contributed by atoms with Crippen molar-refractivity contribution in [3.05, 3.63) is 11.1 Å². The topological polar surface area (TPSA) is 65.7 Å². The Morgan fingerprint density at radius 2 is 1.95 bits per heavy atom. The molecule has 6 nitrogen and oxygen atoms in total. The largest absolute Gasteiger partial charge is 0.375 e. The third-order valence-electron chi connectivity index (χ3n) is 4.68. The van der Waals surface area contributed by atoms with Crippen LogP contribution < -0.4 is 5.73 Å². The maximum Gasteiger partial charge on any atom is 0.239 e. The summed E-state index contributed by atoms with van der Waals surface area (Å²) in [5.74, 6) is 0.307. The molecule has 1 unspecified atom stereocenters. The lowest BCUT2D eigenvalue weighted by atomic mass is 10.2. The number of thiazole rings is 1. The lowest BCUT2D eigenvalue weighted by Gasteiger charge is -2.38. The van der Waals surface area contributed by atoms with Gasteiger partial charge in [0, 0.05) is 56.9 Å². The van der Waals surface area contributed by atoms with Gasteiger partial charge in [0.05, 0.1) is 6.04 Å². The molecule has 1 amide bonds. The van der Waals surface area contributed by atoms with Crippen molar-refractivity contribution in [2.75, 3.05) is 45.0 Å². The molecule has 22 heavy (non-hydrogen) atoms. The molecule has 0 aromatic carbocycles.